The molecule has 0 unspecified atom stereocenters. The van der Waals surface area contributed by atoms with E-state index in [2.05, 4.69) is 9.97 Å². The number of hydrogen-bond donors (Lipinski definition) is 0. The average molecular weight is 346 g/mol. The molecule has 64 valence electrons. The van der Waals surface area contributed by atoms with Crippen LogP contribution in [0.3, 0.4) is 0 Å². The Morgan fingerprint density at radius 2 is 1.15 bits per heavy atom. The maximum atomic E-state index is 4.19. The minimum absolute atomic E-state index is 0. The number of rotatable bonds is 1. The van der Waals surface area contributed by atoms with Crippen molar-refractivity contribution in [2.75, 3.05) is 0 Å². The third kappa shape index (κ3) is 2.44. The molecule has 2 rings (SSSR count). The molecule has 0 spiro atoms. The average Bonchev–Trinajstić information content (AvgIpc) is 2.21. The van der Waals surface area contributed by atoms with Crippen molar-refractivity contribution in [2.45, 2.75) is 0 Å². The molecule has 2 aromatic rings. The first-order valence-electron chi connectivity index (χ1n) is 3.79. The molecule has 0 aromatic carbocycles. The Bertz CT molecular complexity index is 310. The van der Waals surface area contributed by atoms with Crippen LogP contribution < -0.4 is 0 Å². The van der Waals surface area contributed by atoms with Gasteiger partial charge in [-0.25, -0.2) is 0 Å². The summed E-state index contributed by atoms with van der Waals surface area (Å²) in [6.07, 6.45) is 3.54. The molecule has 0 radical (unpaired) electrons. The fourth-order valence-corrected chi connectivity index (χ4v) is 1.03. The molecule has 0 bridgehead atoms. The zero-order valence-corrected chi connectivity index (χ0v) is 9.41. The summed E-state index contributed by atoms with van der Waals surface area (Å²) in [6.45, 7) is 0. The summed E-state index contributed by atoms with van der Waals surface area (Å²) >= 11 is 0. The summed E-state index contributed by atoms with van der Waals surface area (Å²) < 4.78 is 0. The van der Waals surface area contributed by atoms with Crippen LogP contribution in [0.15, 0.2) is 48.8 Å². The minimum Gasteiger partial charge on any atom is -0.255 e. The van der Waals surface area contributed by atoms with Crippen LogP contribution in [-0.4, -0.2) is 9.97 Å². The van der Waals surface area contributed by atoms with Crippen molar-refractivity contribution in [1.82, 2.24) is 9.97 Å². The number of pyridine rings is 2. The molecule has 0 fully saturated rings. The molecule has 0 amide bonds. The Morgan fingerprint density at radius 3 is 1.46 bits per heavy atom. The minimum atomic E-state index is 0. The predicted octanol–water partition coefficient (Wildman–Crippen LogP) is 2.14. The normalized spacial score (nSPS) is 8.92. The molecule has 2 heterocycles. The van der Waals surface area contributed by atoms with Gasteiger partial charge in [-0.3, -0.25) is 9.97 Å². The van der Waals surface area contributed by atoms with Gasteiger partial charge < -0.3 is 0 Å². The fraction of sp³-hybridized carbons (Fsp3) is 0. The first-order valence-corrected chi connectivity index (χ1v) is 3.79. The zero-order valence-electron chi connectivity index (χ0n) is 6.87. The topological polar surface area (TPSA) is 25.8 Å². The summed E-state index contributed by atoms with van der Waals surface area (Å²) in [5.74, 6) is 0. The summed E-state index contributed by atoms with van der Waals surface area (Å²) in [7, 11) is 0. The van der Waals surface area contributed by atoms with E-state index in [4.69, 9.17) is 0 Å². The van der Waals surface area contributed by atoms with E-state index in [1.165, 1.54) is 0 Å². The van der Waals surface area contributed by atoms with Crippen molar-refractivity contribution in [2.24, 2.45) is 0 Å². The Kier molecular flexibility index (Phi) is 3.73. The van der Waals surface area contributed by atoms with E-state index in [0.29, 0.717) is 0 Å². The Labute approximate surface area is 90.1 Å². The van der Waals surface area contributed by atoms with Gasteiger partial charge in [0.1, 0.15) is 0 Å². The van der Waals surface area contributed by atoms with Crippen LogP contribution in [0.2, 0.25) is 0 Å². The number of nitrogens with zero attached hydrogens (tertiary/aromatic N) is 2. The van der Waals surface area contributed by atoms with Gasteiger partial charge in [0.25, 0.3) is 0 Å². The van der Waals surface area contributed by atoms with Crippen LogP contribution in [0.5, 0.6) is 0 Å². The second-order valence-corrected chi connectivity index (χ2v) is 2.43. The Morgan fingerprint density at radius 1 is 0.692 bits per heavy atom. The Hall–Kier alpha value is -1.06. The molecular weight excluding hydrogens is 338 g/mol. The summed E-state index contributed by atoms with van der Waals surface area (Å²) in [4.78, 5) is 8.37. The number of hydrogen-bond acceptors (Lipinski definition) is 2. The zero-order chi connectivity index (χ0) is 8.23. The molecule has 0 aliphatic rings. The smallest absolute Gasteiger partial charge is 0.255 e. The van der Waals surface area contributed by atoms with Crippen LogP contribution in [0.4, 0.5) is 0 Å². The van der Waals surface area contributed by atoms with Gasteiger partial charge >= 0.3 is 19.8 Å². The van der Waals surface area contributed by atoms with E-state index < -0.39 is 0 Å². The van der Waals surface area contributed by atoms with Crippen molar-refractivity contribution >= 4 is 0 Å². The van der Waals surface area contributed by atoms with E-state index in [9.17, 15) is 0 Å². The Balaban J connectivity index is 0.000000845. The quantitative estimate of drug-likeness (QED) is 0.791. The van der Waals surface area contributed by atoms with E-state index in [-0.39, 0.29) is 19.8 Å². The summed E-state index contributed by atoms with van der Waals surface area (Å²) in [6, 6.07) is 11.6. The molecule has 0 saturated carbocycles. The van der Waals surface area contributed by atoms with Crippen molar-refractivity contribution < 1.29 is 19.8 Å². The molecular formula is C10H8N2Os+2. The van der Waals surface area contributed by atoms with Crippen LogP contribution in [0.25, 0.3) is 11.4 Å². The number of aromatic nitrogens is 2. The van der Waals surface area contributed by atoms with Crippen LogP contribution in [0.1, 0.15) is 0 Å². The van der Waals surface area contributed by atoms with E-state index in [1.807, 2.05) is 36.4 Å². The summed E-state index contributed by atoms with van der Waals surface area (Å²) in [5, 5.41) is 0. The molecule has 3 heteroatoms. The molecule has 0 aliphatic carbocycles. The van der Waals surface area contributed by atoms with Gasteiger partial charge in [0.2, 0.25) is 0 Å². The second kappa shape index (κ2) is 4.84. The van der Waals surface area contributed by atoms with Crippen molar-refractivity contribution in [3.05, 3.63) is 48.8 Å². The predicted molar refractivity (Wildman–Crippen MR) is 47.5 cm³/mol. The standard InChI is InChI=1S/C10H8N2.Os/c1-3-7-11-9(5-1)10-6-2-4-8-12-10;/h1-8H;/q;+2. The van der Waals surface area contributed by atoms with Gasteiger partial charge in [-0.2, -0.15) is 0 Å². The summed E-state index contributed by atoms with van der Waals surface area (Å²) in [5.41, 5.74) is 1.83. The van der Waals surface area contributed by atoms with Crippen LogP contribution in [-0.2, 0) is 19.8 Å². The van der Waals surface area contributed by atoms with Crippen LogP contribution in [0, 0.1) is 0 Å². The first kappa shape index (κ1) is 10.0. The maximum absolute atomic E-state index is 4.19. The molecule has 0 atom stereocenters. The largest absolute Gasteiger partial charge is 2.00 e. The first-order chi connectivity index (χ1) is 5.97. The fourth-order valence-electron chi connectivity index (χ4n) is 1.03. The molecule has 0 saturated heterocycles. The molecule has 2 aromatic heterocycles. The maximum Gasteiger partial charge on any atom is 2.00 e. The van der Waals surface area contributed by atoms with Crippen molar-refractivity contribution in [1.29, 1.82) is 0 Å². The monoisotopic (exact) mass is 348 g/mol. The van der Waals surface area contributed by atoms with E-state index in [0.717, 1.165) is 11.4 Å². The van der Waals surface area contributed by atoms with Gasteiger partial charge in [-0.1, -0.05) is 12.1 Å². The van der Waals surface area contributed by atoms with Gasteiger partial charge in [0.05, 0.1) is 11.4 Å². The van der Waals surface area contributed by atoms with E-state index in [1.54, 1.807) is 12.4 Å². The van der Waals surface area contributed by atoms with Crippen molar-refractivity contribution in [3.8, 4) is 11.4 Å². The van der Waals surface area contributed by atoms with Gasteiger partial charge in [0.15, 0.2) is 0 Å². The molecule has 0 aliphatic heterocycles. The third-order valence-corrected chi connectivity index (χ3v) is 1.59. The molecule has 13 heavy (non-hydrogen) atoms. The SMILES string of the molecule is [Os+2].c1ccc(-c2ccccn2)nc1. The van der Waals surface area contributed by atoms with Gasteiger partial charge in [0, 0.05) is 12.4 Å². The second-order valence-electron chi connectivity index (χ2n) is 2.43. The van der Waals surface area contributed by atoms with E-state index >= 15 is 0 Å². The van der Waals surface area contributed by atoms with Gasteiger partial charge in [-0.05, 0) is 24.3 Å². The van der Waals surface area contributed by atoms with Gasteiger partial charge in [-0.15, -0.1) is 0 Å². The van der Waals surface area contributed by atoms with Crippen LogP contribution >= 0.6 is 0 Å². The molecule has 2 nitrogen and oxygen atoms in total. The third-order valence-electron chi connectivity index (χ3n) is 1.59. The van der Waals surface area contributed by atoms with Crippen molar-refractivity contribution in [3.63, 3.8) is 0 Å². The molecule has 0 N–H and O–H groups in total.